The van der Waals surface area contributed by atoms with E-state index in [0.717, 1.165) is 16.5 Å². The van der Waals surface area contributed by atoms with Crippen LogP contribution in [0.15, 0.2) is 36.4 Å². The van der Waals surface area contributed by atoms with Gasteiger partial charge in [-0.05, 0) is 42.7 Å². The molecule has 1 N–H and O–H groups in total. The summed E-state index contributed by atoms with van der Waals surface area (Å²) in [6.07, 6.45) is -2.03. The van der Waals surface area contributed by atoms with E-state index in [1.807, 2.05) is 24.3 Å². The molecule has 1 atom stereocenters. The zero-order chi connectivity index (χ0) is 18.4. The average molecular weight is 362 g/mol. The topological polar surface area (TPSA) is 19.0 Å². The van der Waals surface area contributed by atoms with Crippen LogP contribution in [0.4, 0.5) is 17.6 Å². The Hall–Kier alpha value is -2.34. The number of alkyl halides is 2. The second-order valence-corrected chi connectivity index (χ2v) is 6.74. The molecule has 0 radical (unpaired) electrons. The third-order valence-electron chi connectivity index (χ3n) is 5.00. The highest BCUT2D eigenvalue weighted by atomic mass is 19.3. The van der Waals surface area contributed by atoms with Gasteiger partial charge in [0.1, 0.15) is 11.6 Å². The van der Waals surface area contributed by atoms with Crippen LogP contribution in [-0.2, 0) is 6.42 Å². The molecule has 0 spiro atoms. The number of rotatable bonds is 3. The van der Waals surface area contributed by atoms with Crippen molar-refractivity contribution in [2.75, 3.05) is 13.1 Å². The van der Waals surface area contributed by atoms with Gasteiger partial charge >= 0.3 is 0 Å². The highest BCUT2D eigenvalue weighted by molar-refractivity contribution is 5.85. The first-order valence-corrected chi connectivity index (χ1v) is 8.53. The zero-order valence-electron chi connectivity index (χ0n) is 14.2. The summed E-state index contributed by atoms with van der Waals surface area (Å²) < 4.78 is 55.6. The van der Waals surface area contributed by atoms with Crippen molar-refractivity contribution in [3.8, 4) is 0 Å². The van der Waals surface area contributed by atoms with Crippen molar-refractivity contribution in [3.05, 3.63) is 70.4 Å². The number of nitrogens with one attached hydrogen (secondary N) is 1. The average Bonchev–Trinajstić information content (AvgIpc) is 2.94. The van der Waals surface area contributed by atoms with Crippen LogP contribution in [0.1, 0.15) is 28.4 Å². The third-order valence-corrected chi connectivity index (χ3v) is 5.00. The fourth-order valence-electron chi connectivity index (χ4n) is 3.96. The molecule has 26 heavy (non-hydrogen) atoms. The van der Waals surface area contributed by atoms with Crippen molar-refractivity contribution in [2.45, 2.75) is 25.8 Å². The maximum Gasteiger partial charge on any atom is 0.251 e. The molecule has 0 unspecified atom stereocenters. The Morgan fingerprint density at radius 1 is 1.15 bits per heavy atom. The van der Waals surface area contributed by atoms with Crippen molar-refractivity contribution in [1.82, 2.24) is 9.88 Å². The van der Waals surface area contributed by atoms with Crippen LogP contribution in [0.25, 0.3) is 10.9 Å². The van der Waals surface area contributed by atoms with Crippen LogP contribution in [0, 0.1) is 18.6 Å². The Morgan fingerprint density at radius 2 is 1.85 bits per heavy atom. The molecule has 0 aliphatic carbocycles. The molecule has 0 fully saturated rings. The smallest absolute Gasteiger partial charge is 0.251 e. The Balaban J connectivity index is 1.94. The SMILES string of the molecule is Cc1cc(F)c([C@@H]2c3[nH]c4ccccc4c3CCN2CC(F)F)c(F)c1. The van der Waals surface area contributed by atoms with Gasteiger partial charge in [0, 0.05) is 28.7 Å². The summed E-state index contributed by atoms with van der Waals surface area (Å²) in [4.78, 5) is 4.67. The van der Waals surface area contributed by atoms with Crippen LogP contribution in [0.5, 0.6) is 0 Å². The molecule has 0 saturated heterocycles. The summed E-state index contributed by atoms with van der Waals surface area (Å²) in [6, 6.07) is 9.16. The predicted molar refractivity (Wildman–Crippen MR) is 92.5 cm³/mol. The van der Waals surface area contributed by atoms with Crippen molar-refractivity contribution in [2.24, 2.45) is 0 Å². The molecular weight excluding hydrogens is 344 g/mol. The second kappa shape index (κ2) is 6.43. The summed E-state index contributed by atoms with van der Waals surface area (Å²) in [5.41, 5.74) is 2.66. The van der Waals surface area contributed by atoms with Crippen LogP contribution < -0.4 is 0 Å². The lowest BCUT2D eigenvalue weighted by atomic mass is 9.91. The van der Waals surface area contributed by atoms with Gasteiger partial charge in [0.25, 0.3) is 6.43 Å². The number of aromatic nitrogens is 1. The molecular formula is C20H18F4N2. The van der Waals surface area contributed by atoms with Gasteiger partial charge in [0.05, 0.1) is 12.6 Å². The fraction of sp³-hybridized carbons (Fsp3) is 0.300. The number of para-hydroxylation sites is 1. The number of aromatic amines is 1. The summed E-state index contributed by atoms with van der Waals surface area (Å²) in [5.74, 6) is -1.42. The number of benzene rings is 2. The summed E-state index contributed by atoms with van der Waals surface area (Å²) in [5, 5.41) is 0.970. The highest BCUT2D eigenvalue weighted by Crippen LogP contribution is 2.40. The van der Waals surface area contributed by atoms with Gasteiger partial charge in [0.15, 0.2) is 0 Å². The Labute approximate surface area is 148 Å². The maximum atomic E-state index is 14.7. The minimum atomic E-state index is -2.58. The number of halogens is 4. The van der Waals surface area contributed by atoms with E-state index in [9.17, 15) is 17.6 Å². The maximum absolute atomic E-state index is 14.7. The summed E-state index contributed by atoms with van der Waals surface area (Å²) in [6.45, 7) is 1.38. The molecule has 1 aromatic heterocycles. The van der Waals surface area contributed by atoms with Crippen molar-refractivity contribution >= 4 is 10.9 Å². The van der Waals surface area contributed by atoms with Gasteiger partial charge in [-0.25, -0.2) is 17.6 Å². The van der Waals surface area contributed by atoms with Gasteiger partial charge in [0.2, 0.25) is 0 Å². The van der Waals surface area contributed by atoms with Crippen LogP contribution in [-0.4, -0.2) is 29.4 Å². The molecule has 2 heterocycles. The van der Waals surface area contributed by atoms with E-state index in [4.69, 9.17) is 0 Å². The van der Waals surface area contributed by atoms with Crippen LogP contribution in [0.3, 0.4) is 0 Å². The first kappa shape index (κ1) is 17.1. The first-order valence-electron chi connectivity index (χ1n) is 8.53. The quantitative estimate of drug-likeness (QED) is 0.652. The third kappa shape index (κ3) is 2.78. The van der Waals surface area contributed by atoms with Gasteiger partial charge in [-0.1, -0.05) is 18.2 Å². The Bertz CT molecular complexity index is 941. The first-order chi connectivity index (χ1) is 12.5. The normalized spacial score (nSPS) is 17.8. The number of aryl methyl sites for hydroxylation is 1. The van der Waals surface area contributed by atoms with Crippen molar-refractivity contribution in [1.29, 1.82) is 0 Å². The molecule has 4 rings (SSSR count). The van der Waals surface area contributed by atoms with Gasteiger partial charge in [-0.15, -0.1) is 0 Å². The molecule has 0 bridgehead atoms. The monoisotopic (exact) mass is 362 g/mol. The largest absolute Gasteiger partial charge is 0.357 e. The van der Waals surface area contributed by atoms with E-state index in [-0.39, 0.29) is 5.56 Å². The molecule has 1 aliphatic rings. The van der Waals surface area contributed by atoms with E-state index in [0.29, 0.717) is 24.2 Å². The van der Waals surface area contributed by atoms with Gasteiger partial charge in [-0.3, -0.25) is 4.90 Å². The van der Waals surface area contributed by atoms with E-state index < -0.39 is 30.6 Å². The molecule has 3 aromatic rings. The van der Waals surface area contributed by atoms with Crippen molar-refractivity contribution in [3.63, 3.8) is 0 Å². The van der Waals surface area contributed by atoms with Crippen LogP contribution in [0.2, 0.25) is 0 Å². The molecule has 136 valence electrons. The lowest BCUT2D eigenvalue weighted by Crippen LogP contribution is -2.39. The molecule has 1 aliphatic heterocycles. The number of fused-ring (bicyclic) bond motifs is 3. The minimum Gasteiger partial charge on any atom is -0.357 e. The second-order valence-electron chi connectivity index (χ2n) is 6.74. The molecule has 0 saturated carbocycles. The number of nitrogens with zero attached hydrogens (tertiary/aromatic N) is 1. The Morgan fingerprint density at radius 3 is 2.54 bits per heavy atom. The molecule has 0 amide bonds. The number of H-pyrrole nitrogens is 1. The molecule has 2 nitrogen and oxygen atoms in total. The standard InChI is InChI=1S/C20H18F4N2/c1-11-8-14(21)18(15(22)9-11)20-19-13(6-7-26(20)10-17(23)24)12-4-2-3-5-16(12)25-19/h2-5,8-9,17,20,25H,6-7,10H2,1H3/t20-/m1/s1. The Kier molecular flexibility index (Phi) is 4.23. The van der Waals surface area contributed by atoms with E-state index in [2.05, 4.69) is 4.98 Å². The summed E-state index contributed by atoms with van der Waals surface area (Å²) in [7, 11) is 0. The van der Waals surface area contributed by atoms with E-state index in [1.54, 1.807) is 6.92 Å². The molecule has 6 heteroatoms. The lowest BCUT2D eigenvalue weighted by molar-refractivity contribution is 0.0679. The van der Waals surface area contributed by atoms with Crippen molar-refractivity contribution < 1.29 is 17.6 Å². The molecule has 2 aromatic carbocycles. The van der Waals surface area contributed by atoms with Gasteiger partial charge < -0.3 is 4.98 Å². The lowest BCUT2D eigenvalue weighted by Gasteiger charge is -2.36. The highest BCUT2D eigenvalue weighted by Gasteiger charge is 2.36. The summed E-state index contributed by atoms with van der Waals surface area (Å²) >= 11 is 0. The predicted octanol–water partition coefficient (Wildman–Crippen LogP) is 4.97. The number of hydrogen-bond acceptors (Lipinski definition) is 1. The fourth-order valence-corrected chi connectivity index (χ4v) is 3.96. The minimum absolute atomic E-state index is 0.177. The van der Waals surface area contributed by atoms with E-state index in [1.165, 1.54) is 17.0 Å². The van der Waals surface area contributed by atoms with Gasteiger partial charge in [-0.2, -0.15) is 0 Å². The zero-order valence-corrected chi connectivity index (χ0v) is 14.2. The van der Waals surface area contributed by atoms with Crippen LogP contribution >= 0.6 is 0 Å². The number of hydrogen-bond donors (Lipinski definition) is 1. The van der Waals surface area contributed by atoms with E-state index >= 15 is 0 Å².